The number of carbonyl (C=O) groups is 1. The highest BCUT2D eigenvalue weighted by molar-refractivity contribution is 7.98. The summed E-state index contributed by atoms with van der Waals surface area (Å²) in [4.78, 5) is 12.5. The van der Waals surface area contributed by atoms with Crippen LogP contribution in [0, 0.1) is 6.92 Å². The van der Waals surface area contributed by atoms with Crippen LogP contribution >= 0.6 is 11.8 Å². The van der Waals surface area contributed by atoms with Crippen LogP contribution < -0.4 is 9.62 Å². The SMILES string of the molecule is Cc1ccc(S(=O)(=O)N(C)c2ccc(C(=O)NCCSCc3ccco3)cc2)cc1. The lowest BCUT2D eigenvalue weighted by molar-refractivity contribution is 0.0956. The van der Waals surface area contributed by atoms with Crippen LogP contribution in [0.5, 0.6) is 0 Å². The number of furan rings is 1. The molecule has 2 aromatic carbocycles. The van der Waals surface area contributed by atoms with Gasteiger partial charge in [0.15, 0.2) is 0 Å². The largest absolute Gasteiger partial charge is 0.468 e. The summed E-state index contributed by atoms with van der Waals surface area (Å²) >= 11 is 1.67. The van der Waals surface area contributed by atoms with Gasteiger partial charge in [-0.3, -0.25) is 9.10 Å². The van der Waals surface area contributed by atoms with Crippen LogP contribution in [0.3, 0.4) is 0 Å². The fourth-order valence-corrected chi connectivity index (χ4v) is 4.69. The van der Waals surface area contributed by atoms with E-state index in [4.69, 9.17) is 4.42 Å². The predicted molar refractivity (Wildman–Crippen MR) is 120 cm³/mol. The van der Waals surface area contributed by atoms with E-state index in [1.54, 1.807) is 66.6 Å². The number of aryl methyl sites for hydroxylation is 1. The summed E-state index contributed by atoms with van der Waals surface area (Å²) in [5, 5.41) is 2.87. The predicted octanol–water partition coefficient (Wildman–Crippen LogP) is 4.08. The van der Waals surface area contributed by atoms with Crippen molar-refractivity contribution in [3.05, 3.63) is 83.8 Å². The molecule has 0 spiro atoms. The molecule has 0 aliphatic rings. The molecular formula is C22H24N2O4S2. The molecule has 0 aliphatic heterocycles. The van der Waals surface area contributed by atoms with Crippen LogP contribution in [0.25, 0.3) is 0 Å². The second-order valence-electron chi connectivity index (χ2n) is 6.72. The highest BCUT2D eigenvalue weighted by atomic mass is 32.2. The van der Waals surface area contributed by atoms with Crippen LogP contribution in [-0.2, 0) is 15.8 Å². The molecule has 1 amide bonds. The maximum absolute atomic E-state index is 12.8. The number of anilines is 1. The molecule has 0 saturated heterocycles. The van der Waals surface area contributed by atoms with E-state index in [0.717, 1.165) is 22.8 Å². The average Bonchev–Trinajstić information content (AvgIpc) is 3.27. The number of benzene rings is 2. The fourth-order valence-electron chi connectivity index (χ4n) is 2.74. The number of sulfonamides is 1. The second-order valence-corrected chi connectivity index (χ2v) is 9.79. The third-order valence-corrected chi connectivity index (χ3v) is 7.31. The molecule has 3 rings (SSSR count). The first-order valence-electron chi connectivity index (χ1n) is 9.42. The Morgan fingerprint density at radius 1 is 1.07 bits per heavy atom. The number of hydrogen-bond acceptors (Lipinski definition) is 5. The summed E-state index contributed by atoms with van der Waals surface area (Å²) in [6.45, 7) is 2.44. The molecule has 158 valence electrons. The summed E-state index contributed by atoms with van der Waals surface area (Å²) in [7, 11) is -2.16. The molecule has 6 nitrogen and oxygen atoms in total. The van der Waals surface area contributed by atoms with Crippen LogP contribution in [0.1, 0.15) is 21.7 Å². The van der Waals surface area contributed by atoms with E-state index >= 15 is 0 Å². The van der Waals surface area contributed by atoms with Gasteiger partial charge in [-0.15, -0.1) is 0 Å². The summed E-state index contributed by atoms with van der Waals surface area (Å²) in [6, 6.07) is 17.0. The summed E-state index contributed by atoms with van der Waals surface area (Å²) in [5.74, 6) is 2.25. The second kappa shape index (κ2) is 9.86. The van der Waals surface area contributed by atoms with E-state index in [-0.39, 0.29) is 10.8 Å². The van der Waals surface area contributed by atoms with Gasteiger partial charge in [0.05, 0.1) is 22.6 Å². The van der Waals surface area contributed by atoms with Gasteiger partial charge in [0.1, 0.15) is 5.76 Å². The minimum Gasteiger partial charge on any atom is -0.468 e. The van der Waals surface area contributed by atoms with Crippen molar-refractivity contribution in [2.75, 3.05) is 23.7 Å². The van der Waals surface area contributed by atoms with Gasteiger partial charge in [-0.1, -0.05) is 17.7 Å². The molecule has 0 bridgehead atoms. The van der Waals surface area contributed by atoms with Crippen molar-refractivity contribution >= 4 is 33.4 Å². The van der Waals surface area contributed by atoms with Crippen molar-refractivity contribution in [2.45, 2.75) is 17.6 Å². The van der Waals surface area contributed by atoms with Crippen molar-refractivity contribution in [2.24, 2.45) is 0 Å². The maximum atomic E-state index is 12.8. The molecule has 0 aliphatic carbocycles. The zero-order valence-corrected chi connectivity index (χ0v) is 18.5. The number of nitrogens with one attached hydrogen (secondary N) is 1. The van der Waals surface area contributed by atoms with E-state index in [1.165, 1.54) is 11.4 Å². The summed E-state index contributed by atoms with van der Waals surface area (Å²) in [6.07, 6.45) is 1.64. The zero-order chi connectivity index (χ0) is 21.6. The molecule has 1 N–H and O–H groups in total. The monoisotopic (exact) mass is 444 g/mol. The van der Waals surface area contributed by atoms with Crippen LogP contribution in [0.4, 0.5) is 5.69 Å². The summed E-state index contributed by atoms with van der Waals surface area (Å²) in [5.41, 5.74) is 1.96. The highest BCUT2D eigenvalue weighted by Gasteiger charge is 2.21. The minimum absolute atomic E-state index is 0.191. The number of rotatable bonds is 9. The van der Waals surface area contributed by atoms with Gasteiger partial charge >= 0.3 is 0 Å². The van der Waals surface area contributed by atoms with Crippen molar-refractivity contribution in [1.29, 1.82) is 0 Å². The van der Waals surface area contributed by atoms with Crippen molar-refractivity contribution in [1.82, 2.24) is 5.32 Å². The Labute approximate surface area is 181 Å². The molecule has 1 heterocycles. The van der Waals surface area contributed by atoms with Gasteiger partial charge in [0, 0.05) is 24.9 Å². The van der Waals surface area contributed by atoms with Gasteiger partial charge in [-0.2, -0.15) is 11.8 Å². The van der Waals surface area contributed by atoms with Crippen molar-refractivity contribution in [3.63, 3.8) is 0 Å². The van der Waals surface area contributed by atoms with E-state index in [0.29, 0.717) is 17.8 Å². The smallest absolute Gasteiger partial charge is 0.264 e. The Bertz CT molecular complexity index is 1060. The molecule has 0 atom stereocenters. The van der Waals surface area contributed by atoms with E-state index in [1.807, 2.05) is 19.1 Å². The lowest BCUT2D eigenvalue weighted by atomic mass is 10.2. The first kappa shape index (κ1) is 22.0. The first-order chi connectivity index (χ1) is 14.4. The number of nitrogens with zero attached hydrogens (tertiary/aromatic N) is 1. The topological polar surface area (TPSA) is 79.6 Å². The highest BCUT2D eigenvalue weighted by Crippen LogP contribution is 2.22. The molecule has 0 radical (unpaired) electrons. The zero-order valence-electron chi connectivity index (χ0n) is 16.9. The Balaban J connectivity index is 1.54. The molecule has 0 fully saturated rings. The molecule has 1 aromatic heterocycles. The molecule has 8 heteroatoms. The van der Waals surface area contributed by atoms with Gasteiger partial charge < -0.3 is 9.73 Å². The minimum atomic E-state index is -3.66. The maximum Gasteiger partial charge on any atom is 0.264 e. The van der Waals surface area contributed by atoms with Crippen LogP contribution in [0.2, 0.25) is 0 Å². The Hall–Kier alpha value is -2.71. The average molecular weight is 445 g/mol. The third-order valence-electron chi connectivity index (χ3n) is 4.53. The van der Waals surface area contributed by atoms with Crippen molar-refractivity contribution < 1.29 is 17.6 Å². The van der Waals surface area contributed by atoms with E-state index in [2.05, 4.69) is 5.32 Å². The normalized spacial score (nSPS) is 11.3. The number of thioether (sulfide) groups is 1. The van der Waals surface area contributed by atoms with Gasteiger partial charge in [0.25, 0.3) is 15.9 Å². The standard InChI is InChI=1S/C22H24N2O4S2/c1-17-5-11-21(12-6-17)30(26,27)24(2)19-9-7-18(8-10-19)22(25)23-13-15-29-16-20-4-3-14-28-20/h3-12,14H,13,15-16H2,1-2H3,(H,23,25). The fraction of sp³-hybridized carbons (Fsp3) is 0.227. The first-order valence-corrected chi connectivity index (χ1v) is 12.0. The number of amides is 1. The molecule has 0 unspecified atom stereocenters. The molecular weight excluding hydrogens is 420 g/mol. The van der Waals surface area contributed by atoms with E-state index < -0.39 is 10.0 Å². The van der Waals surface area contributed by atoms with Gasteiger partial charge in [-0.25, -0.2) is 8.42 Å². The number of hydrogen-bond donors (Lipinski definition) is 1. The Kier molecular flexibility index (Phi) is 7.23. The summed E-state index contributed by atoms with van der Waals surface area (Å²) < 4.78 is 32.1. The van der Waals surface area contributed by atoms with E-state index in [9.17, 15) is 13.2 Å². The molecule has 30 heavy (non-hydrogen) atoms. The number of carbonyl (C=O) groups excluding carboxylic acids is 1. The molecule has 3 aromatic rings. The van der Waals surface area contributed by atoms with Gasteiger partial charge in [-0.05, 0) is 55.5 Å². The lowest BCUT2D eigenvalue weighted by Crippen LogP contribution is -2.27. The quantitative estimate of drug-likeness (QED) is 0.503. The van der Waals surface area contributed by atoms with Crippen LogP contribution in [-0.4, -0.2) is 33.7 Å². The lowest BCUT2D eigenvalue weighted by Gasteiger charge is -2.20. The Morgan fingerprint density at radius 3 is 2.40 bits per heavy atom. The van der Waals surface area contributed by atoms with Gasteiger partial charge in [0.2, 0.25) is 0 Å². The molecule has 0 saturated carbocycles. The third kappa shape index (κ3) is 5.46. The Morgan fingerprint density at radius 2 is 1.77 bits per heavy atom. The van der Waals surface area contributed by atoms with Crippen molar-refractivity contribution in [3.8, 4) is 0 Å². The van der Waals surface area contributed by atoms with Crippen LogP contribution in [0.15, 0.2) is 76.2 Å².